The van der Waals surface area contributed by atoms with Crippen molar-refractivity contribution in [2.45, 2.75) is 24.5 Å². The molecule has 0 aromatic rings. The Morgan fingerprint density at radius 3 is 2.88 bits per heavy atom. The minimum Gasteiger partial charge on any atom is -0.381 e. The van der Waals surface area contributed by atoms with E-state index in [0.29, 0.717) is 13.1 Å². The Morgan fingerprint density at radius 2 is 2.25 bits per heavy atom. The highest BCUT2D eigenvalue weighted by Gasteiger charge is 2.49. The first-order valence-corrected chi connectivity index (χ1v) is 5.62. The van der Waals surface area contributed by atoms with E-state index >= 15 is 0 Å². The molecule has 2 aliphatic rings. The topological polar surface area (TPSA) is 48.0 Å². The van der Waals surface area contributed by atoms with Crippen molar-refractivity contribution < 1.29 is 19.0 Å². The molecule has 2 rings (SSSR count). The van der Waals surface area contributed by atoms with Crippen molar-refractivity contribution in [2.24, 2.45) is 0 Å². The summed E-state index contributed by atoms with van der Waals surface area (Å²) < 4.78 is 16.0. The van der Waals surface area contributed by atoms with Gasteiger partial charge in [0.2, 0.25) is 5.91 Å². The Morgan fingerprint density at radius 1 is 1.50 bits per heavy atom. The highest BCUT2D eigenvalue weighted by Crippen LogP contribution is 2.35. The Bertz CT molecular complexity index is 263. The number of hydrogen-bond acceptors (Lipinski definition) is 4. The number of methoxy groups -OCH3 is 2. The predicted molar refractivity (Wildman–Crippen MR) is 57.2 cm³/mol. The molecule has 1 spiro atoms. The van der Waals surface area contributed by atoms with E-state index in [1.165, 1.54) is 7.11 Å². The summed E-state index contributed by atoms with van der Waals surface area (Å²) in [5.74, 6) is 0.0382. The molecule has 1 amide bonds. The third kappa shape index (κ3) is 2.21. The molecule has 92 valence electrons. The minimum absolute atomic E-state index is 0.0382. The average Bonchev–Trinajstić information content (AvgIpc) is 2.26. The number of carbonyl (C=O) groups excluding carboxylic acids is 1. The van der Waals surface area contributed by atoms with Crippen LogP contribution in [0.4, 0.5) is 0 Å². The normalized spacial score (nSPS) is 27.9. The van der Waals surface area contributed by atoms with Crippen LogP contribution in [0.15, 0.2) is 0 Å². The summed E-state index contributed by atoms with van der Waals surface area (Å²) >= 11 is 0. The largest absolute Gasteiger partial charge is 0.381 e. The van der Waals surface area contributed by atoms with Crippen molar-refractivity contribution in [3.8, 4) is 0 Å². The first-order chi connectivity index (χ1) is 7.69. The Labute approximate surface area is 95.6 Å². The smallest absolute Gasteiger partial charge is 0.248 e. The summed E-state index contributed by atoms with van der Waals surface area (Å²) in [5.41, 5.74) is -0.150. The molecule has 2 saturated heterocycles. The van der Waals surface area contributed by atoms with Crippen LogP contribution in [0.25, 0.3) is 0 Å². The predicted octanol–water partition coefficient (Wildman–Crippen LogP) is 0.0392. The SMILES string of the molecule is COCC(=O)N1CC2(C[C@H](OC)CCO2)C1. The highest BCUT2D eigenvalue weighted by molar-refractivity contribution is 5.78. The van der Waals surface area contributed by atoms with E-state index in [2.05, 4.69) is 0 Å². The number of amides is 1. The molecule has 0 radical (unpaired) electrons. The number of ether oxygens (including phenoxy) is 3. The molecule has 0 bridgehead atoms. The second kappa shape index (κ2) is 4.69. The molecule has 16 heavy (non-hydrogen) atoms. The first-order valence-electron chi connectivity index (χ1n) is 5.62. The fourth-order valence-electron chi connectivity index (χ4n) is 2.44. The van der Waals surface area contributed by atoms with Crippen molar-refractivity contribution in [2.75, 3.05) is 40.5 Å². The molecule has 0 aliphatic carbocycles. The van der Waals surface area contributed by atoms with Gasteiger partial charge in [-0.3, -0.25) is 4.79 Å². The Balaban J connectivity index is 1.83. The standard InChI is InChI=1S/C11H19NO4/c1-14-6-10(13)12-7-11(8-12)5-9(15-2)3-4-16-11/h9H,3-8H2,1-2H3/t9-/m1/s1. The molecule has 5 heteroatoms. The number of nitrogens with zero attached hydrogens (tertiary/aromatic N) is 1. The number of likely N-dealkylation sites (tertiary alicyclic amines) is 1. The van der Waals surface area contributed by atoms with Crippen LogP contribution in [0.5, 0.6) is 0 Å². The van der Waals surface area contributed by atoms with E-state index in [4.69, 9.17) is 14.2 Å². The Hall–Kier alpha value is -0.650. The van der Waals surface area contributed by atoms with Gasteiger partial charge in [0, 0.05) is 27.2 Å². The summed E-state index contributed by atoms with van der Waals surface area (Å²) in [6, 6.07) is 0. The molecule has 5 nitrogen and oxygen atoms in total. The van der Waals surface area contributed by atoms with E-state index < -0.39 is 0 Å². The molecule has 0 aromatic carbocycles. The van der Waals surface area contributed by atoms with Gasteiger partial charge < -0.3 is 19.1 Å². The molecular formula is C11H19NO4. The van der Waals surface area contributed by atoms with Crippen LogP contribution in [0.3, 0.4) is 0 Å². The van der Waals surface area contributed by atoms with Gasteiger partial charge in [0.05, 0.1) is 19.2 Å². The maximum Gasteiger partial charge on any atom is 0.248 e. The zero-order chi connectivity index (χ0) is 11.6. The zero-order valence-corrected chi connectivity index (χ0v) is 9.90. The first kappa shape index (κ1) is 11.8. The molecule has 2 fully saturated rings. The molecule has 0 unspecified atom stereocenters. The van der Waals surface area contributed by atoms with Crippen LogP contribution in [0, 0.1) is 0 Å². The lowest BCUT2D eigenvalue weighted by molar-refractivity contribution is -0.200. The summed E-state index contributed by atoms with van der Waals surface area (Å²) in [6.07, 6.45) is 2.11. The summed E-state index contributed by atoms with van der Waals surface area (Å²) in [4.78, 5) is 13.3. The van der Waals surface area contributed by atoms with Crippen LogP contribution in [-0.2, 0) is 19.0 Å². The minimum atomic E-state index is -0.150. The van der Waals surface area contributed by atoms with Crippen molar-refractivity contribution in [3.63, 3.8) is 0 Å². The van der Waals surface area contributed by atoms with Gasteiger partial charge in [-0.25, -0.2) is 0 Å². The highest BCUT2D eigenvalue weighted by atomic mass is 16.5. The molecule has 1 atom stereocenters. The van der Waals surface area contributed by atoms with Gasteiger partial charge in [0.15, 0.2) is 0 Å². The summed E-state index contributed by atoms with van der Waals surface area (Å²) in [6.45, 7) is 2.23. The van der Waals surface area contributed by atoms with Crippen LogP contribution < -0.4 is 0 Å². The summed E-state index contributed by atoms with van der Waals surface area (Å²) in [5, 5.41) is 0. The zero-order valence-electron chi connectivity index (χ0n) is 9.90. The van der Waals surface area contributed by atoms with E-state index in [0.717, 1.165) is 19.4 Å². The summed E-state index contributed by atoms with van der Waals surface area (Å²) in [7, 11) is 3.27. The van der Waals surface area contributed by atoms with Crippen molar-refractivity contribution in [1.82, 2.24) is 4.90 Å². The van der Waals surface area contributed by atoms with Crippen LogP contribution >= 0.6 is 0 Å². The second-order valence-corrected chi connectivity index (χ2v) is 4.56. The van der Waals surface area contributed by atoms with Crippen molar-refractivity contribution in [1.29, 1.82) is 0 Å². The molecule has 0 aromatic heterocycles. The van der Waals surface area contributed by atoms with E-state index in [-0.39, 0.29) is 24.2 Å². The lowest BCUT2D eigenvalue weighted by Gasteiger charge is -2.52. The van der Waals surface area contributed by atoms with Gasteiger partial charge in [-0.15, -0.1) is 0 Å². The van der Waals surface area contributed by atoms with E-state index in [1.54, 1.807) is 12.0 Å². The van der Waals surface area contributed by atoms with Crippen molar-refractivity contribution >= 4 is 5.91 Å². The second-order valence-electron chi connectivity index (χ2n) is 4.56. The van der Waals surface area contributed by atoms with Crippen molar-refractivity contribution in [3.05, 3.63) is 0 Å². The van der Waals surface area contributed by atoms with Gasteiger partial charge >= 0.3 is 0 Å². The monoisotopic (exact) mass is 229 g/mol. The molecule has 0 saturated carbocycles. The quantitative estimate of drug-likeness (QED) is 0.685. The molecule has 2 heterocycles. The third-order valence-electron chi connectivity index (χ3n) is 3.36. The Kier molecular flexibility index (Phi) is 3.47. The van der Waals surface area contributed by atoms with Gasteiger partial charge in [-0.05, 0) is 6.42 Å². The maximum atomic E-state index is 11.5. The van der Waals surface area contributed by atoms with Gasteiger partial charge in [0.1, 0.15) is 12.2 Å². The fraction of sp³-hybridized carbons (Fsp3) is 0.909. The molecule has 0 N–H and O–H groups in total. The van der Waals surface area contributed by atoms with Gasteiger partial charge in [-0.2, -0.15) is 0 Å². The van der Waals surface area contributed by atoms with E-state index in [1.807, 2.05) is 0 Å². The average molecular weight is 229 g/mol. The number of hydrogen-bond donors (Lipinski definition) is 0. The third-order valence-corrected chi connectivity index (χ3v) is 3.36. The molecule has 2 aliphatic heterocycles. The van der Waals surface area contributed by atoms with E-state index in [9.17, 15) is 4.79 Å². The fourth-order valence-corrected chi connectivity index (χ4v) is 2.44. The van der Waals surface area contributed by atoms with Gasteiger partial charge in [0.25, 0.3) is 0 Å². The lowest BCUT2D eigenvalue weighted by atomic mass is 9.84. The van der Waals surface area contributed by atoms with Crippen LogP contribution in [0.2, 0.25) is 0 Å². The maximum absolute atomic E-state index is 11.5. The number of carbonyl (C=O) groups is 1. The molecular weight excluding hydrogens is 210 g/mol. The van der Waals surface area contributed by atoms with Gasteiger partial charge in [-0.1, -0.05) is 0 Å². The lowest BCUT2D eigenvalue weighted by Crippen LogP contribution is -2.67. The van der Waals surface area contributed by atoms with Crippen LogP contribution in [0.1, 0.15) is 12.8 Å². The number of rotatable bonds is 3. The van der Waals surface area contributed by atoms with Crippen LogP contribution in [-0.4, -0.2) is 63.0 Å².